The number of hydrogen-bond donors (Lipinski definition) is 1. The number of rotatable bonds is 4. The third-order valence-corrected chi connectivity index (χ3v) is 4.45. The molecule has 1 unspecified atom stereocenters. The van der Waals surface area contributed by atoms with Gasteiger partial charge in [0.25, 0.3) is 0 Å². The van der Waals surface area contributed by atoms with Gasteiger partial charge in [0.05, 0.1) is 0 Å². The average Bonchev–Trinajstić information content (AvgIpc) is 2.34. The summed E-state index contributed by atoms with van der Waals surface area (Å²) in [6.07, 6.45) is 0.917. The Morgan fingerprint density at radius 2 is 1.84 bits per heavy atom. The fourth-order valence-electron chi connectivity index (χ4n) is 1.94. The van der Waals surface area contributed by atoms with Crippen molar-refractivity contribution >= 4 is 27.7 Å². The first-order valence-corrected chi connectivity index (χ1v) is 7.94. The lowest BCUT2D eigenvalue weighted by Crippen LogP contribution is -2.18. The molecular weight excluding hydrogens is 318 g/mol. The van der Waals surface area contributed by atoms with Gasteiger partial charge in [-0.25, -0.2) is 0 Å². The van der Waals surface area contributed by atoms with Gasteiger partial charge < -0.3 is 5.73 Å². The van der Waals surface area contributed by atoms with Gasteiger partial charge in [-0.3, -0.25) is 0 Å². The molecule has 100 valence electrons. The molecule has 2 rings (SSSR count). The highest BCUT2D eigenvalue weighted by molar-refractivity contribution is 9.10. The molecule has 0 saturated carbocycles. The zero-order valence-electron chi connectivity index (χ0n) is 11.2. The third-order valence-electron chi connectivity index (χ3n) is 2.80. The van der Waals surface area contributed by atoms with Gasteiger partial charge in [-0.05, 0) is 56.2 Å². The molecule has 0 bridgehead atoms. The second-order valence-electron chi connectivity index (χ2n) is 4.85. The normalized spacial score (nSPS) is 12.4. The molecule has 0 aliphatic heterocycles. The standard InChI is InChI=1S/C16H18BrNS/c1-11-3-8-16(13(9-11)10-12(2)18)19-15-6-4-14(17)5-7-15/h3-9,12H,10,18H2,1-2H3. The molecule has 0 fully saturated rings. The van der Waals surface area contributed by atoms with Gasteiger partial charge in [0, 0.05) is 20.3 Å². The van der Waals surface area contributed by atoms with Crippen LogP contribution in [0.4, 0.5) is 0 Å². The first-order chi connectivity index (χ1) is 9.04. The van der Waals surface area contributed by atoms with E-state index in [9.17, 15) is 0 Å². The molecule has 0 radical (unpaired) electrons. The van der Waals surface area contributed by atoms with Crippen LogP contribution in [0.5, 0.6) is 0 Å². The summed E-state index contributed by atoms with van der Waals surface area (Å²) in [6, 6.07) is 15.2. The molecule has 0 aromatic heterocycles. The Morgan fingerprint density at radius 1 is 1.16 bits per heavy atom. The van der Waals surface area contributed by atoms with Gasteiger partial charge in [-0.2, -0.15) is 0 Å². The average molecular weight is 336 g/mol. The lowest BCUT2D eigenvalue weighted by Gasteiger charge is -2.12. The van der Waals surface area contributed by atoms with Crippen molar-refractivity contribution in [2.24, 2.45) is 5.73 Å². The van der Waals surface area contributed by atoms with Crippen molar-refractivity contribution in [3.05, 3.63) is 58.1 Å². The molecule has 0 amide bonds. The second-order valence-corrected chi connectivity index (χ2v) is 6.88. The fourth-order valence-corrected chi connectivity index (χ4v) is 3.14. The predicted octanol–water partition coefficient (Wildman–Crippen LogP) is 4.80. The Labute approximate surface area is 127 Å². The highest BCUT2D eigenvalue weighted by atomic mass is 79.9. The Hall–Kier alpha value is -0.770. The summed E-state index contributed by atoms with van der Waals surface area (Å²) in [5, 5.41) is 0. The number of halogens is 1. The van der Waals surface area contributed by atoms with Crippen LogP contribution in [-0.2, 0) is 6.42 Å². The van der Waals surface area contributed by atoms with Crippen molar-refractivity contribution in [3.63, 3.8) is 0 Å². The number of benzene rings is 2. The molecular formula is C16H18BrNS. The first kappa shape index (κ1) is 14.6. The van der Waals surface area contributed by atoms with E-state index in [-0.39, 0.29) is 6.04 Å². The van der Waals surface area contributed by atoms with E-state index in [0.29, 0.717) is 0 Å². The molecule has 2 aromatic carbocycles. The zero-order chi connectivity index (χ0) is 13.8. The summed E-state index contributed by atoms with van der Waals surface area (Å²) in [4.78, 5) is 2.54. The van der Waals surface area contributed by atoms with Gasteiger partial charge in [-0.1, -0.05) is 45.4 Å². The van der Waals surface area contributed by atoms with Crippen molar-refractivity contribution in [1.82, 2.24) is 0 Å². The van der Waals surface area contributed by atoms with E-state index in [1.807, 2.05) is 0 Å². The summed E-state index contributed by atoms with van der Waals surface area (Å²) in [7, 11) is 0. The van der Waals surface area contributed by atoms with Gasteiger partial charge in [0.2, 0.25) is 0 Å². The van der Waals surface area contributed by atoms with Crippen LogP contribution >= 0.6 is 27.7 Å². The number of hydrogen-bond acceptors (Lipinski definition) is 2. The molecule has 0 aliphatic rings. The van der Waals surface area contributed by atoms with Gasteiger partial charge in [-0.15, -0.1) is 0 Å². The van der Waals surface area contributed by atoms with Gasteiger partial charge in [0.15, 0.2) is 0 Å². The Morgan fingerprint density at radius 3 is 2.47 bits per heavy atom. The summed E-state index contributed by atoms with van der Waals surface area (Å²) in [5.74, 6) is 0. The first-order valence-electron chi connectivity index (χ1n) is 6.33. The van der Waals surface area contributed by atoms with E-state index in [0.717, 1.165) is 10.9 Å². The minimum absolute atomic E-state index is 0.186. The Balaban J connectivity index is 2.26. The van der Waals surface area contributed by atoms with Gasteiger partial charge in [0.1, 0.15) is 0 Å². The van der Waals surface area contributed by atoms with Crippen molar-refractivity contribution in [2.75, 3.05) is 0 Å². The minimum atomic E-state index is 0.186. The molecule has 0 heterocycles. The van der Waals surface area contributed by atoms with E-state index >= 15 is 0 Å². The Bertz CT molecular complexity index is 549. The van der Waals surface area contributed by atoms with Crippen LogP contribution in [-0.4, -0.2) is 6.04 Å². The third kappa shape index (κ3) is 4.37. The van der Waals surface area contributed by atoms with Crippen molar-refractivity contribution in [1.29, 1.82) is 0 Å². The smallest absolute Gasteiger partial charge is 0.0176 e. The molecule has 0 saturated heterocycles. The fraction of sp³-hybridized carbons (Fsp3) is 0.250. The van der Waals surface area contributed by atoms with E-state index in [4.69, 9.17) is 5.73 Å². The van der Waals surface area contributed by atoms with Crippen LogP contribution in [0.1, 0.15) is 18.1 Å². The molecule has 2 aromatic rings. The molecule has 2 N–H and O–H groups in total. The zero-order valence-corrected chi connectivity index (χ0v) is 13.6. The minimum Gasteiger partial charge on any atom is -0.328 e. The molecule has 0 aliphatic carbocycles. The van der Waals surface area contributed by atoms with Gasteiger partial charge >= 0.3 is 0 Å². The molecule has 1 atom stereocenters. The maximum absolute atomic E-state index is 5.94. The van der Waals surface area contributed by atoms with Crippen LogP contribution in [0.15, 0.2) is 56.7 Å². The largest absolute Gasteiger partial charge is 0.328 e. The van der Waals surface area contributed by atoms with E-state index in [1.54, 1.807) is 11.8 Å². The van der Waals surface area contributed by atoms with Crippen LogP contribution in [0.3, 0.4) is 0 Å². The monoisotopic (exact) mass is 335 g/mol. The van der Waals surface area contributed by atoms with Crippen molar-refractivity contribution < 1.29 is 0 Å². The van der Waals surface area contributed by atoms with E-state index in [1.165, 1.54) is 20.9 Å². The second kappa shape index (κ2) is 6.60. The maximum atomic E-state index is 5.94. The number of aryl methyl sites for hydroxylation is 1. The van der Waals surface area contributed by atoms with Crippen LogP contribution in [0.25, 0.3) is 0 Å². The highest BCUT2D eigenvalue weighted by Gasteiger charge is 2.07. The van der Waals surface area contributed by atoms with Crippen LogP contribution < -0.4 is 5.73 Å². The SMILES string of the molecule is Cc1ccc(Sc2ccc(Br)cc2)c(CC(C)N)c1. The van der Waals surface area contributed by atoms with Crippen LogP contribution in [0.2, 0.25) is 0 Å². The molecule has 1 nitrogen and oxygen atoms in total. The predicted molar refractivity (Wildman–Crippen MR) is 86.8 cm³/mol. The summed E-state index contributed by atoms with van der Waals surface area (Å²) in [5.41, 5.74) is 8.57. The van der Waals surface area contributed by atoms with Crippen molar-refractivity contribution in [3.8, 4) is 0 Å². The molecule has 3 heteroatoms. The van der Waals surface area contributed by atoms with Crippen LogP contribution in [0, 0.1) is 6.92 Å². The number of nitrogens with two attached hydrogens (primary N) is 1. The lowest BCUT2D eigenvalue weighted by atomic mass is 10.1. The molecule has 0 spiro atoms. The quantitative estimate of drug-likeness (QED) is 0.868. The lowest BCUT2D eigenvalue weighted by molar-refractivity contribution is 0.729. The summed E-state index contributed by atoms with van der Waals surface area (Å²) in [6.45, 7) is 4.18. The van der Waals surface area contributed by atoms with Crippen molar-refractivity contribution in [2.45, 2.75) is 36.1 Å². The van der Waals surface area contributed by atoms with E-state index in [2.05, 4.69) is 72.2 Å². The molecule has 19 heavy (non-hydrogen) atoms. The summed E-state index contributed by atoms with van der Waals surface area (Å²) < 4.78 is 1.11. The van der Waals surface area contributed by atoms with E-state index < -0.39 is 0 Å². The highest BCUT2D eigenvalue weighted by Crippen LogP contribution is 2.32. The topological polar surface area (TPSA) is 26.0 Å². The summed E-state index contributed by atoms with van der Waals surface area (Å²) >= 11 is 5.26. The Kier molecular flexibility index (Phi) is 5.08. The maximum Gasteiger partial charge on any atom is 0.0176 e.